The minimum atomic E-state index is -0.610. The van der Waals surface area contributed by atoms with Crippen LogP contribution >= 0.6 is 0 Å². The van der Waals surface area contributed by atoms with Crippen LogP contribution in [0, 0.1) is 0 Å². The van der Waals surface area contributed by atoms with Crippen LogP contribution in [0.5, 0.6) is 11.5 Å². The number of carbonyl (C=O) groups excluding carboxylic acids is 2. The van der Waals surface area contributed by atoms with E-state index in [9.17, 15) is 9.59 Å². The third-order valence-electron chi connectivity index (χ3n) is 5.27. The van der Waals surface area contributed by atoms with Crippen molar-refractivity contribution in [2.75, 3.05) is 38.1 Å². The van der Waals surface area contributed by atoms with E-state index >= 15 is 0 Å². The average Bonchev–Trinajstić information content (AvgIpc) is 3.38. The minimum Gasteiger partial charge on any atom is -0.497 e. The normalized spacial score (nSPS) is 23.7. The first kappa shape index (κ1) is 21.7. The quantitative estimate of drug-likeness (QED) is 0.628. The Balaban J connectivity index is 1.26. The Hall–Kier alpha value is -3.50. The van der Waals surface area contributed by atoms with Crippen LogP contribution in [0.1, 0.15) is 0 Å². The smallest absolute Gasteiger partial charge is 0.412 e. The second-order valence-corrected chi connectivity index (χ2v) is 7.33. The lowest BCUT2D eigenvalue weighted by atomic mass is 10.1. The molecule has 0 unspecified atom stereocenters. The largest absolute Gasteiger partial charge is 0.497 e. The number of anilines is 2. The summed E-state index contributed by atoms with van der Waals surface area (Å²) in [4.78, 5) is 24.6. The van der Waals surface area contributed by atoms with Gasteiger partial charge in [-0.05, 0) is 48.5 Å². The van der Waals surface area contributed by atoms with Crippen molar-refractivity contribution < 1.29 is 33.3 Å². The van der Waals surface area contributed by atoms with Gasteiger partial charge in [-0.1, -0.05) is 0 Å². The number of methoxy groups -OCH3 is 2. The Kier molecular flexibility index (Phi) is 6.62. The van der Waals surface area contributed by atoms with Gasteiger partial charge in [0.05, 0.1) is 33.5 Å². The first-order valence-electron chi connectivity index (χ1n) is 10.1. The molecule has 2 aliphatic rings. The first-order valence-corrected chi connectivity index (χ1v) is 10.1. The van der Waals surface area contributed by atoms with Crippen LogP contribution in [0.3, 0.4) is 0 Å². The van der Waals surface area contributed by atoms with Crippen molar-refractivity contribution in [1.82, 2.24) is 5.32 Å². The summed E-state index contributed by atoms with van der Waals surface area (Å²) in [6.07, 6.45) is -2.05. The first-order chi connectivity index (χ1) is 15.6. The second kappa shape index (κ2) is 9.75. The monoisotopic (exact) mass is 443 g/mol. The predicted octanol–water partition coefficient (Wildman–Crippen LogP) is 2.61. The summed E-state index contributed by atoms with van der Waals surface area (Å²) in [5.74, 6) is 1.38. The maximum atomic E-state index is 12.4. The topological polar surface area (TPSA) is 116 Å². The molecule has 170 valence electrons. The molecule has 2 fully saturated rings. The van der Waals surface area contributed by atoms with Crippen LogP contribution in [-0.4, -0.2) is 63.9 Å². The van der Waals surface area contributed by atoms with Gasteiger partial charge in [-0.2, -0.15) is 0 Å². The van der Waals surface area contributed by atoms with Gasteiger partial charge in [0.2, 0.25) is 0 Å². The highest BCUT2D eigenvalue weighted by Gasteiger charge is 2.50. The molecule has 0 aliphatic carbocycles. The van der Waals surface area contributed by atoms with Gasteiger partial charge in [0.15, 0.2) is 6.10 Å². The van der Waals surface area contributed by atoms with Crippen molar-refractivity contribution in [3.63, 3.8) is 0 Å². The summed E-state index contributed by atoms with van der Waals surface area (Å²) in [6.45, 7) is 0.439. The van der Waals surface area contributed by atoms with E-state index in [0.29, 0.717) is 22.9 Å². The van der Waals surface area contributed by atoms with Crippen LogP contribution in [0.25, 0.3) is 0 Å². The lowest BCUT2D eigenvalue weighted by Crippen LogP contribution is -2.46. The van der Waals surface area contributed by atoms with Gasteiger partial charge in [0.25, 0.3) is 0 Å². The highest BCUT2D eigenvalue weighted by Crippen LogP contribution is 2.29. The number of fused-ring (bicyclic) bond motifs is 1. The van der Waals surface area contributed by atoms with Gasteiger partial charge in [-0.15, -0.1) is 0 Å². The van der Waals surface area contributed by atoms with Gasteiger partial charge in [-0.25, -0.2) is 9.59 Å². The fraction of sp³-hybridized carbons (Fsp3) is 0.364. The molecule has 2 heterocycles. The average molecular weight is 443 g/mol. The Morgan fingerprint density at radius 3 is 1.97 bits per heavy atom. The number of nitrogens with one attached hydrogen (secondary N) is 3. The second-order valence-electron chi connectivity index (χ2n) is 7.33. The highest BCUT2D eigenvalue weighted by atomic mass is 16.6. The molecule has 0 bridgehead atoms. The van der Waals surface area contributed by atoms with Gasteiger partial charge in [0, 0.05) is 11.4 Å². The van der Waals surface area contributed by atoms with Gasteiger partial charge < -0.3 is 34.3 Å². The van der Waals surface area contributed by atoms with Crippen molar-refractivity contribution in [2.24, 2.45) is 0 Å². The molecule has 0 radical (unpaired) electrons. The molecular formula is C22H25N3O7. The summed E-state index contributed by atoms with van der Waals surface area (Å²) >= 11 is 0. The molecule has 10 heteroatoms. The van der Waals surface area contributed by atoms with Crippen LogP contribution in [0.2, 0.25) is 0 Å². The minimum absolute atomic E-state index is 0.184. The van der Waals surface area contributed by atoms with E-state index in [1.165, 1.54) is 0 Å². The SMILES string of the molecule is COc1ccc(NC(=O)N[C@H]2CO[C@H]3[C@@H]2OC[C@H]3OC(=O)Nc2ccc(OC)cc2)cc1. The van der Waals surface area contributed by atoms with E-state index in [1.807, 2.05) is 0 Å². The number of urea groups is 1. The molecule has 2 aromatic carbocycles. The number of amides is 3. The maximum absolute atomic E-state index is 12.4. The third kappa shape index (κ3) is 5.04. The van der Waals surface area contributed by atoms with Crippen molar-refractivity contribution in [3.8, 4) is 11.5 Å². The van der Waals surface area contributed by atoms with Gasteiger partial charge in [-0.3, -0.25) is 5.32 Å². The Labute approximate surface area is 185 Å². The lowest BCUT2D eigenvalue weighted by Gasteiger charge is -2.18. The summed E-state index contributed by atoms with van der Waals surface area (Å²) in [5.41, 5.74) is 1.20. The Morgan fingerprint density at radius 2 is 1.38 bits per heavy atom. The zero-order chi connectivity index (χ0) is 22.5. The molecular weight excluding hydrogens is 418 g/mol. The van der Waals surface area contributed by atoms with E-state index in [2.05, 4.69) is 16.0 Å². The summed E-state index contributed by atoms with van der Waals surface area (Å²) < 4.78 is 27.2. The number of hydrogen-bond donors (Lipinski definition) is 3. The molecule has 10 nitrogen and oxygen atoms in total. The molecule has 0 saturated carbocycles. The molecule has 2 aromatic rings. The molecule has 0 spiro atoms. The van der Waals surface area contributed by atoms with Crippen LogP contribution < -0.4 is 25.4 Å². The van der Waals surface area contributed by atoms with Crippen molar-refractivity contribution in [2.45, 2.75) is 24.4 Å². The van der Waals surface area contributed by atoms with Crippen LogP contribution in [0.15, 0.2) is 48.5 Å². The summed E-state index contributed by atoms with van der Waals surface area (Å²) in [7, 11) is 3.15. The van der Waals surface area contributed by atoms with E-state index in [-0.39, 0.29) is 25.3 Å². The van der Waals surface area contributed by atoms with E-state index in [0.717, 1.165) is 0 Å². The van der Waals surface area contributed by atoms with Crippen molar-refractivity contribution >= 4 is 23.5 Å². The molecule has 4 atom stereocenters. The molecule has 3 amide bonds. The Morgan fingerprint density at radius 1 is 0.812 bits per heavy atom. The van der Waals surface area contributed by atoms with E-state index in [4.69, 9.17) is 23.7 Å². The number of rotatable bonds is 6. The Bertz CT molecular complexity index is 858. The zero-order valence-electron chi connectivity index (χ0n) is 17.7. The number of benzene rings is 2. The summed E-state index contributed by atoms with van der Waals surface area (Å²) in [5, 5.41) is 8.27. The van der Waals surface area contributed by atoms with Crippen molar-refractivity contribution in [1.29, 1.82) is 0 Å². The molecule has 32 heavy (non-hydrogen) atoms. The molecule has 2 aliphatic heterocycles. The molecule has 2 saturated heterocycles. The van der Waals surface area contributed by atoms with Crippen molar-refractivity contribution in [3.05, 3.63) is 48.5 Å². The predicted molar refractivity (Wildman–Crippen MR) is 115 cm³/mol. The number of carbonyl (C=O) groups is 2. The molecule has 3 N–H and O–H groups in total. The molecule has 4 rings (SSSR count). The van der Waals surface area contributed by atoms with Crippen LogP contribution in [-0.2, 0) is 14.2 Å². The van der Waals surface area contributed by atoms with E-state index in [1.54, 1.807) is 62.8 Å². The summed E-state index contributed by atoms with van der Waals surface area (Å²) in [6, 6.07) is 13.1. The lowest BCUT2D eigenvalue weighted by molar-refractivity contribution is 0.00873. The van der Waals surface area contributed by atoms with E-state index < -0.39 is 24.4 Å². The van der Waals surface area contributed by atoms with Crippen LogP contribution in [0.4, 0.5) is 21.0 Å². The standard InChI is InChI=1S/C22H25N3O7/c1-28-15-7-3-13(4-8-15)23-21(26)25-17-11-30-20-18(12-31-19(17)20)32-22(27)24-14-5-9-16(29-2)10-6-14/h3-10,17-20H,11-12H2,1-2H3,(H,24,27)(H2,23,25,26)/t17-,18+,19+,20+/m0/s1. The maximum Gasteiger partial charge on any atom is 0.412 e. The third-order valence-corrected chi connectivity index (χ3v) is 5.27. The highest BCUT2D eigenvalue weighted by molar-refractivity contribution is 5.89. The fourth-order valence-electron chi connectivity index (χ4n) is 3.66. The number of ether oxygens (including phenoxy) is 5. The zero-order valence-corrected chi connectivity index (χ0v) is 17.7. The van der Waals surface area contributed by atoms with Gasteiger partial charge >= 0.3 is 12.1 Å². The molecule has 0 aromatic heterocycles. The van der Waals surface area contributed by atoms with Gasteiger partial charge in [0.1, 0.15) is 23.7 Å². The fourth-order valence-corrected chi connectivity index (χ4v) is 3.66. The number of hydrogen-bond acceptors (Lipinski definition) is 7.